The second-order valence-corrected chi connectivity index (χ2v) is 14.5. The molecule has 0 fully saturated rings. The van der Waals surface area contributed by atoms with Crippen molar-refractivity contribution in [2.45, 2.75) is 149 Å². The average Bonchev–Trinajstić information content (AvgIpc) is 2.97. The first-order valence-electron chi connectivity index (χ1n) is 17.3. The minimum absolute atomic E-state index is 0.0204. The summed E-state index contributed by atoms with van der Waals surface area (Å²) in [6.07, 6.45) is 7.04. The number of Topliss-reactive ketones (excluding diaryl/α,β-unsaturated/α-hetero) is 1. The fourth-order valence-electron chi connectivity index (χ4n) is 4.89. The number of ketones is 1. The highest BCUT2D eigenvalue weighted by Crippen LogP contribution is 2.15. The Bertz CT molecular complexity index is 1160. The molecule has 1 aromatic carbocycles. The van der Waals surface area contributed by atoms with Gasteiger partial charge in [-0.1, -0.05) is 49.6 Å². The topological polar surface area (TPSA) is 157 Å². The van der Waals surface area contributed by atoms with Crippen LogP contribution in [-0.4, -0.2) is 65.8 Å². The number of carbonyl (C=O) groups excluding carboxylic acids is 6. The molecule has 3 amide bonds. The van der Waals surface area contributed by atoms with Gasteiger partial charge in [0, 0.05) is 44.2 Å². The molecule has 270 valence electrons. The molecular weight excluding hydrogens is 614 g/mol. The maximum atomic E-state index is 12.8. The van der Waals surface area contributed by atoms with Gasteiger partial charge >= 0.3 is 18.0 Å². The van der Waals surface area contributed by atoms with Crippen LogP contribution in [0.3, 0.4) is 0 Å². The molecule has 0 unspecified atom stereocenters. The molecule has 11 heteroatoms. The number of urea groups is 1. The first-order valence-corrected chi connectivity index (χ1v) is 17.3. The molecule has 0 aliphatic heterocycles. The molecule has 3 atom stereocenters. The molecule has 1 aromatic rings. The van der Waals surface area contributed by atoms with Gasteiger partial charge < -0.3 is 30.2 Å². The van der Waals surface area contributed by atoms with Crippen LogP contribution in [0.1, 0.15) is 125 Å². The van der Waals surface area contributed by atoms with Crippen LogP contribution >= 0.6 is 0 Å². The van der Waals surface area contributed by atoms with Crippen molar-refractivity contribution in [1.29, 1.82) is 0 Å². The smallest absolute Gasteiger partial charge is 0.329 e. The van der Waals surface area contributed by atoms with Crippen molar-refractivity contribution >= 4 is 35.9 Å². The third-order valence-corrected chi connectivity index (χ3v) is 7.21. The Hall–Kier alpha value is -3.76. The van der Waals surface area contributed by atoms with Crippen molar-refractivity contribution < 1.29 is 38.2 Å². The van der Waals surface area contributed by atoms with E-state index in [1.54, 1.807) is 48.5 Å². The Morgan fingerprint density at radius 3 is 2.02 bits per heavy atom. The number of amides is 3. The molecule has 0 saturated heterocycles. The van der Waals surface area contributed by atoms with Crippen molar-refractivity contribution in [3.63, 3.8) is 0 Å². The van der Waals surface area contributed by atoms with Gasteiger partial charge in [-0.25, -0.2) is 9.59 Å². The van der Waals surface area contributed by atoms with Gasteiger partial charge in [0.15, 0.2) is 0 Å². The summed E-state index contributed by atoms with van der Waals surface area (Å²) in [4.78, 5) is 73.7. The van der Waals surface area contributed by atoms with Crippen molar-refractivity contribution in [3.8, 4) is 0 Å². The predicted octanol–water partition coefficient (Wildman–Crippen LogP) is 5.76. The van der Waals surface area contributed by atoms with Crippen LogP contribution in [0, 0.1) is 5.92 Å². The van der Waals surface area contributed by atoms with Gasteiger partial charge in [-0.3, -0.25) is 14.4 Å². The summed E-state index contributed by atoms with van der Waals surface area (Å²) in [7, 11) is 0. The lowest BCUT2D eigenvalue weighted by molar-refractivity contribution is -0.157. The van der Waals surface area contributed by atoms with Crippen molar-refractivity contribution in [2.75, 3.05) is 6.54 Å². The maximum absolute atomic E-state index is 12.8. The molecule has 11 nitrogen and oxygen atoms in total. The number of carbonyl (C=O) groups is 6. The van der Waals surface area contributed by atoms with Gasteiger partial charge in [0.1, 0.15) is 29.3 Å². The maximum Gasteiger partial charge on any atom is 0.329 e. The number of ether oxygens (including phenoxy) is 2. The largest absolute Gasteiger partial charge is 0.460 e. The fourth-order valence-corrected chi connectivity index (χ4v) is 4.89. The monoisotopic (exact) mass is 673 g/mol. The molecule has 0 saturated carbocycles. The van der Waals surface area contributed by atoms with Crippen LogP contribution in [-0.2, 0) is 39.9 Å². The van der Waals surface area contributed by atoms with Crippen molar-refractivity contribution in [1.82, 2.24) is 16.0 Å². The van der Waals surface area contributed by atoms with E-state index < -0.39 is 29.2 Å². The van der Waals surface area contributed by atoms with E-state index in [-0.39, 0.29) is 55.3 Å². The average molecular weight is 674 g/mol. The van der Waals surface area contributed by atoms with Gasteiger partial charge in [0.25, 0.3) is 0 Å². The van der Waals surface area contributed by atoms with E-state index in [9.17, 15) is 28.8 Å². The molecule has 0 radical (unpaired) electrons. The lowest BCUT2D eigenvalue weighted by atomic mass is 9.94. The number of unbranched alkanes of at least 4 members (excludes halogenated alkanes) is 4. The summed E-state index contributed by atoms with van der Waals surface area (Å²) in [6, 6.07) is 7.71. The lowest BCUT2D eigenvalue weighted by Gasteiger charge is -2.25. The molecule has 0 aliphatic carbocycles. The van der Waals surface area contributed by atoms with Crippen molar-refractivity contribution in [2.24, 2.45) is 5.92 Å². The van der Waals surface area contributed by atoms with E-state index in [0.29, 0.717) is 25.8 Å². The second kappa shape index (κ2) is 22.0. The van der Waals surface area contributed by atoms with Gasteiger partial charge in [0.2, 0.25) is 5.91 Å². The Balaban J connectivity index is 2.35. The van der Waals surface area contributed by atoms with E-state index in [0.717, 1.165) is 44.0 Å². The molecular formula is C37H59N3O8. The minimum atomic E-state index is -1.03. The molecule has 0 heterocycles. The molecule has 0 aromatic heterocycles. The first kappa shape index (κ1) is 42.3. The first-order chi connectivity index (χ1) is 22.5. The molecule has 1 rings (SSSR count). The van der Waals surface area contributed by atoms with E-state index >= 15 is 0 Å². The minimum Gasteiger partial charge on any atom is -0.460 e. The zero-order valence-electron chi connectivity index (χ0n) is 30.2. The summed E-state index contributed by atoms with van der Waals surface area (Å²) in [5.41, 5.74) is -0.311. The van der Waals surface area contributed by atoms with E-state index in [1.165, 1.54) is 0 Å². The Kier molecular flexibility index (Phi) is 19.4. The number of nitrogens with one attached hydrogen (secondary N) is 3. The van der Waals surface area contributed by atoms with Gasteiger partial charge in [-0.05, 0) is 86.1 Å². The fraction of sp³-hybridized carbons (Fsp3) is 0.676. The highest BCUT2D eigenvalue weighted by molar-refractivity contribution is 5.85. The predicted molar refractivity (Wildman–Crippen MR) is 185 cm³/mol. The highest BCUT2D eigenvalue weighted by atomic mass is 16.6. The highest BCUT2D eigenvalue weighted by Gasteiger charge is 2.28. The number of hydrogen-bond acceptors (Lipinski definition) is 8. The number of hydrogen-bond donors (Lipinski definition) is 3. The number of benzene rings is 1. The van der Waals surface area contributed by atoms with Crippen LogP contribution in [0.15, 0.2) is 30.3 Å². The summed E-state index contributed by atoms with van der Waals surface area (Å²) >= 11 is 0. The van der Waals surface area contributed by atoms with Crippen molar-refractivity contribution in [3.05, 3.63) is 35.9 Å². The normalized spacial score (nSPS) is 13.4. The summed E-state index contributed by atoms with van der Waals surface area (Å²) in [6.45, 7) is 12.8. The standard InChI is InChI=1S/C37H59N3O8/c1-27(19-22-33(44)47-36(2,3)4)39-35(46)40-31(34(45)48-37(5,6)7)20-21-32(43)38-23-15-10-8-9-14-18-30(42)25-29(26-41)24-28-16-12-11-13-17-28/h11-13,16-17,26-27,29,31H,8-10,14-15,18-25H2,1-7H3,(H,38,43)(H2,39,40,46)/t27-,29-,31+/m1/s1. The van der Waals surface area contributed by atoms with E-state index in [4.69, 9.17) is 9.47 Å². The quantitative estimate of drug-likeness (QED) is 0.0797. The summed E-state index contributed by atoms with van der Waals surface area (Å²) in [5.74, 6) is -1.41. The Labute approximate surface area is 287 Å². The van der Waals surface area contributed by atoms with Gasteiger partial charge in [0.05, 0.1) is 0 Å². The molecule has 48 heavy (non-hydrogen) atoms. The summed E-state index contributed by atoms with van der Waals surface area (Å²) < 4.78 is 10.8. The number of rotatable bonds is 22. The zero-order valence-corrected chi connectivity index (χ0v) is 30.2. The molecule has 0 spiro atoms. The zero-order chi connectivity index (χ0) is 36.2. The number of aldehydes is 1. The third kappa shape index (κ3) is 21.9. The lowest BCUT2D eigenvalue weighted by Crippen LogP contribution is -2.50. The van der Waals surface area contributed by atoms with Gasteiger partial charge in [-0.2, -0.15) is 0 Å². The van der Waals surface area contributed by atoms with Crippen LogP contribution in [0.25, 0.3) is 0 Å². The Morgan fingerprint density at radius 1 is 0.771 bits per heavy atom. The van der Waals surface area contributed by atoms with E-state index in [2.05, 4.69) is 16.0 Å². The van der Waals surface area contributed by atoms with E-state index in [1.807, 2.05) is 30.3 Å². The van der Waals surface area contributed by atoms with Gasteiger partial charge in [-0.15, -0.1) is 0 Å². The Morgan fingerprint density at radius 2 is 1.40 bits per heavy atom. The van der Waals surface area contributed by atoms with Crippen LogP contribution in [0.4, 0.5) is 4.79 Å². The molecule has 0 aliphatic rings. The summed E-state index contributed by atoms with van der Waals surface area (Å²) in [5, 5.41) is 8.20. The third-order valence-electron chi connectivity index (χ3n) is 7.21. The SMILES string of the molecule is C[C@H](CCC(=O)OC(C)(C)C)NC(=O)N[C@@H](CCC(=O)NCCCCCCCC(=O)C[C@H](C=O)Cc1ccccc1)C(=O)OC(C)(C)C. The van der Waals surface area contributed by atoms with Crippen LogP contribution in [0.5, 0.6) is 0 Å². The molecule has 3 N–H and O–H groups in total. The molecule has 0 bridgehead atoms. The second-order valence-electron chi connectivity index (χ2n) is 14.5. The van der Waals surface area contributed by atoms with Crippen LogP contribution in [0.2, 0.25) is 0 Å². The number of esters is 2. The van der Waals surface area contributed by atoms with Crippen LogP contribution < -0.4 is 16.0 Å².